The summed E-state index contributed by atoms with van der Waals surface area (Å²) in [6, 6.07) is 7.75. The molecule has 0 aromatic heterocycles. The van der Waals surface area contributed by atoms with Crippen LogP contribution in [0.5, 0.6) is 0 Å². The summed E-state index contributed by atoms with van der Waals surface area (Å²) in [5, 5.41) is 9.48. The summed E-state index contributed by atoms with van der Waals surface area (Å²) in [5.41, 5.74) is -0.0183. The third-order valence-corrected chi connectivity index (χ3v) is 4.28. The fraction of sp³-hybridized carbons (Fsp3) is 0.500. The zero-order valence-corrected chi connectivity index (χ0v) is 13.6. The highest BCUT2D eigenvalue weighted by Crippen LogP contribution is 2.41. The summed E-state index contributed by atoms with van der Waals surface area (Å²) in [6.45, 7) is 8.00. The van der Waals surface area contributed by atoms with Crippen molar-refractivity contribution in [2.24, 2.45) is 5.41 Å². The smallest absolute Gasteiger partial charge is 0.319 e. The summed E-state index contributed by atoms with van der Waals surface area (Å²) < 4.78 is 0.200. The monoisotopic (exact) mass is 330 g/mol. The Labute approximate surface area is 121 Å². The van der Waals surface area contributed by atoms with Gasteiger partial charge in [-0.1, -0.05) is 36.7 Å². The van der Waals surface area contributed by atoms with Crippen molar-refractivity contribution >= 4 is 33.7 Å². The molecule has 100 valence electrons. The highest BCUT2D eigenvalue weighted by atomic mass is 79.9. The van der Waals surface area contributed by atoms with Gasteiger partial charge in [0.2, 0.25) is 0 Å². The standard InChI is InChI=1S/C14H19BrO2S/c1-13(2,3)9-14(4,12(16)17)18-11-7-5-10(15)6-8-11/h5-8H,9H2,1-4H3,(H,16,17). The molecule has 0 aliphatic rings. The van der Waals surface area contributed by atoms with Crippen LogP contribution >= 0.6 is 27.7 Å². The molecule has 1 atom stereocenters. The molecule has 0 aliphatic heterocycles. The molecule has 0 saturated heterocycles. The first-order chi connectivity index (χ1) is 8.12. The first-order valence-electron chi connectivity index (χ1n) is 5.80. The molecule has 0 radical (unpaired) electrons. The maximum atomic E-state index is 11.5. The van der Waals surface area contributed by atoms with Gasteiger partial charge in [-0.3, -0.25) is 4.79 Å². The van der Waals surface area contributed by atoms with Crippen molar-refractivity contribution in [2.75, 3.05) is 0 Å². The predicted octanol–water partition coefficient (Wildman–Crippen LogP) is 4.82. The Kier molecular flexibility index (Phi) is 4.90. The Bertz CT molecular complexity index is 422. The molecule has 1 unspecified atom stereocenters. The molecule has 0 heterocycles. The van der Waals surface area contributed by atoms with Gasteiger partial charge >= 0.3 is 5.97 Å². The third kappa shape index (κ3) is 4.65. The first-order valence-corrected chi connectivity index (χ1v) is 7.41. The van der Waals surface area contributed by atoms with Gasteiger partial charge in [0, 0.05) is 9.37 Å². The Hall–Kier alpha value is -0.480. The van der Waals surface area contributed by atoms with E-state index < -0.39 is 10.7 Å². The number of hydrogen-bond acceptors (Lipinski definition) is 2. The van der Waals surface area contributed by atoms with Crippen molar-refractivity contribution in [1.82, 2.24) is 0 Å². The Morgan fingerprint density at radius 2 is 1.72 bits per heavy atom. The number of aliphatic carboxylic acids is 1. The molecular formula is C14H19BrO2S. The van der Waals surface area contributed by atoms with Crippen LogP contribution in [-0.4, -0.2) is 15.8 Å². The van der Waals surface area contributed by atoms with Gasteiger partial charge in [-0.15, -0.1) is 11.8 Å². The number of carboxylic acids is 1. The molecular weight excluding hydrogens is 312 g/mol. The Balaban J connectivity index is 2.93. The third-order valence-electron chi connectivity index (χ3n) is 2.48. The molecule has 1 aromatic carbocycles. The highest BCUT2D eigenvalue weighted by Gasteiger charge is 2.38. The van der Waals surface area contributed by atoms with Gasteiger partial charge in [0.25, 0.3) is 0 Å². The maximum absolute atomic E-state index is 11.5. The predicted molar refractivity (Wildman–Crippen MR) is 80.1 cm³/mol. The van der Waals surface area contributed by atoms with Gasteiger partial charge in [-0.2, -0.15) is 0 Å². The molecule has 0 saturated carbocycles. The summed E-state index contributed by atoms with van der Waals surface area (Å²) in [6.07, 6.45) is 0.621. The van der Waals surface area contributed by atoms with Gasteiger partial charge in [-0.05, 0) is 43.0 Å². The molecule has 1 N–H and O–H groups in total. The van der Waals surface area contributed by atoms with E-state index in [1.807, 2.05) is 24.3 Å². The van der Waals surface area contributed by atoms with E-state index in [1.54, 1.807) is 6.92 Å². The number of carboxylic acid groups (broad SMARTS) is 1. The van der Waals surface area contributed by atoms with E-state index in [2.05, 4.69) is 36.7 Å². The highest BCUT2D eigenvalue weighted by molar-refractivity contribution is 9.10. The van der Waals surface area contributed by atoms with Crippen LogP contribution in [0.25, 0.3) is 0 Å². The minimum absolute atomic E-state index is 0.0183. The molecule has 0 fully saturated rings. The van der Waals surface area contributed by atoms with Crippen LogP contribution in [0.1, 0.15) is 34.1 Å². The van der Waals surface area contributed by atoms with E-state index in [1.165, 1.54) is 11.8 Å². The van der Waals surface area contributed by atoms with E-state index in [4.69, 9.17) is 0 Å². The number of halogens is 1. The van der Waals surface area contributed by atoms with Gasteiger partial charge in [0.15, 0.2) is 0 Å². The lowest BCUT2D eigenvalue weighted by molar-refractivity contribution is -0.140. The van der Waals surface area contributed by atoms with Crippen LogP contribution in [0.4, 0.5) is 0 Å². The number of hydrogen-bond donors (Lipinski definition) is 1. The fourth-order valence-electron chi connectivity index (χ4n) is 1.93. The van der Waals surface area contributed by atoms with Crippen LogP contribution in [0, 0.1) is 5.41 Å². The summed E-state index contributed by atoms with van der Waals surface area (Å²) in [5.74, 6) is -0.759. The molecule has 18 heavy (non-hydrogen) atoms. The molecule has 2 nitrogen and oxygen atoms in total. The van der Waals surface area contributed by atoms with Crippen molar-refractivity contribution < 1.29 is 9.90 Å². The number of rotatable bonds is 4. The molecule has 0 bridgehead atoms. The van der Waals surface area contributed by atoms with Crippen molar-refractivity contribution in [3.63, 3.8) is 0 Å². The summed E-state index contributed by atoms with van der Waals surface area (Å²) in [7, 11) is 0. The van der Waals surface area contributed by atoms with Gasteiger partial charge in [0.05, 0.1) is 0 Å². The normalized spacial score (nSPS) is 15.2. The lowest BCUT2D eigenvalue weighted by Gasteiger charge is -2.31. The second-order valence-electron chi connectivity index (χ2n) is 5.83. The van der Waals surface area contributed by atoms with Crippen LogP contribution in [-0.2, 0) is 4.79 Å². The van der Waals surface area contributed by atoms with Crippen molar-refractivity contribution in [3.05, 3.63) is 28.7 Å². The lowest BCUT2D eigenvalue weighted by atomic mass is 9.85. The number of thioether (sulfide) groups is 1. The average molecular weight is 331 g/mol. The second-order valence-corrected chi connectivity index (χ2v) is 8.32. The number of carbonyl (C=O) groups is 1. The van der Waals surface area contributed by atoms with Crippen LogP contribution in [0.3, 0.4) is 0 Å². The Morgan fingerprint density at radius 3 is 2.11 bits per heavy atom. The SMILES string of the molecule is CC(C)(C)CC(C)(Sc1ccc(Br)cc1)C(=O)O. The first kappa shape index (κ1) is 15.6. The Morgan fingerprint density at radius 1 is 1.22 bits per heavy atom. The molecule has 1 rings (SSSR count). The van der Waals surface area contributed by atoms with Crippen LogP contribution < -0.4 is 0 Å². The van der Waals surface area contributed by atoms with Gasteiger partial charge in [-0.25, -0.2) is 0 Å². The van der Waals surface area contributed by atoms with E-state index >= 15 is 0 Å². The van der Waals surface area contributed by atoms with Crippen molar-refractivity contribution in [2.45, 2.75) is 43.8 Å². The summed E-state index contributed by atoms with van der Waals surface area (Å²) in [4.78, 5) is 12.5. The molecule has 0 spiro atoms. The average Bonchev–Trinajstić information content (AvgIpc) is 2.18. The van der Waals surface area contributed by atoms with E-state index in [-0.39, 0.29) is 5.41 Å². The van der Waals surface area contributed by atoms with Crippen LogP contribution in [0.15, 0.2) is 33.6 Å². The zero-order chi connectivity index (χ0) is 14.0. The second kappa shape index (κ2) is 5.66. The van der Waals surface area contributed by atoms with Crippen LogP contribution in [0.2, 0.25) is 0 Å². The van der Waals surface area contributed by atoms with Crippen molar-refractivity contribution in [3.8, 4) is 0 Å². The molecule has 0 amide bonds. The zero-order valence-electron chi connectivity index (χ0n) is 11.2. The van der Waals surface area contributed by atoms with Crippen molar-refractivity contribution in [1.29, 1.82) is 0 Å². The number of benzene rings is 1. The summed E-state index contributed by atoms with van der Waals surface area (Å²) >= 11 is 4.79. The van der Waals surface area contributed by atoms with E-state index in [0.29, 0.717) is 6.42 Å². The quantitative estimate of drug-likeness (QED) is 0.804. The lowest BCUT2D eigenvalue weighted by Crippen LogP contribution is -2.35. The van der Waals surface area contributed by atoms with E-state index in [0.717, 1.165) is 9.37 Å². The fourth-order valence-corrected chi connectivity index (χ4v) is 3.58. The van der Waals surface area contributed by atoms with Gasteiger partial charge in [0.1, 0.15) is 4.75 Å². The largest absolute Gasteiger partial charge is 0.480 e. The van der Waals surface area contributed by atoms with E-state index in [9.17, 15) is 9.90 Å². The molecule has 0 aliphatic carbocycles. The maximum Gasteiger partial charge on any atom is 0.319 e. The van der Waals surface area contributed by atoms with Gasteiger partial charge < -0.3 is 5.11 Å². The minimum atomic E-state index is -0.800. The topological polar surface area (TPSA) is 37.3 Å². The molecule has 1 aromatic rings. The molecule has 4 heteroatoms. The minimum Gasteiger partial charge on any atom is -0.480 e.